The van der Waals surface area contributed by atoms with Gasteiger partial charge in [0.15, 0.2) is 0 Å². The maximum atomic E-state index is 12.5. The molecule has 5 nitrogen and oxygen atoms in total. The van der Waals surface area contributed by atoms with Gasteiger partial charge in [-0.25, -0.2) is 4.79 Å². The van der Waals surface area contributed by atoms with Crippen LogP contribution >= 0.6 is 0 Å². The van der Waals surface area contributed by atoms with E-state index >= 15 is 0 Å². The Kier molecular flexibility index (Phi) is 6.65. The first-order chi connectivity index (χ1) is 12.1. The Labute approximate surface area is 146 Å². The highest BCUT2D eigenvalue weighted by Crippen LogP contribution is 2.09. The quantitative estimate of drug-likeness (QED) is 0.760. The molecule has 0 aromatic heterocycles. The molecule has 0 fully saturated rings. The molecule has 0 unspecified atom stereocenters. The van der Waals surface area contributed by atoms with Gasteiger partial charge in [0.05, 0.1) is 12.8 Å². The van der Waals surface area contributed by atoms with Crippen molar-refractivity contribution in [2.24, 2.45) is 0 Å². The number of imide groups is 3. The van der Waals surface area contributed by atoms with Crippen LogP contribution in [0.25, 0.3) is 0 Å². The molecule has 0 atom stereocenters. The summed E-state index contributed by atoms with van der Waals surface area (Å²) < 4.78 is 4.90. The number of amides is 3. The third kappa shape index (κ3) is 5.42. The summed E-state index contributed by atoms with van der Waals surface area (Å²) in [6.07, 6.45) is 0.260. The average Bonchev–Trinajstić information content (AvgIpc) is 2.61. The first kappa shape index (κ1) is 18.1. The van der Waals surface area contributed by atoms with E-state index in [-0.39, 0.29) is 19.4 Å². The van der Waals surface area contributed by atoms with Crippen molar-refractivity contribution in [2.75, 3.05) is 6.61 Å². The van der Waals surface area contributed by atoms with Crippen LogP contribution < -0.4 is 0 Å². The van der Waals surface area contributed by atoms with Crippen LogP contribution in [0, 0.1) is 0 Å². The zero-order valence-electron chi connectivity index (χ0n) is 13.8. The topological polar surface area (TPSA) is 63.7 Å². The lowest BCUT2D eigenvalue weighted by molar-refractivity contribution is -0.141. The highest BCUT2D eigenvalue weighted by molar-refractivity contribution is 6.09. The van der Waals surface area contributed by atoms with Crippen LogP contribution in [0.3, 0.4) is 0 Å². The van der Waals surface area contributed by atoms with Gasteiger partial charge in [-0.05, 0) is 11.1 Å². The Bertz CT molecular complexity index is 687. The summed E-state index contributed by atoms with van der Waals surface area (Å²) in [5.74, 6) is -1.25. The Morgan fingerprint density at radius 3 is 1.68 bits per heavy atom. The molecular weight excluding hydrogens is 318 g/mol. The first-order valence-electron chi connectivity index (χ1n) is 7.83. The summed E-state index contributed by atoms with van der Waals surface area (Å²) in [5, 5.41) is 0. The second-order valence-electron chi connectivity index (χ2n) is 5.31. The molecule has 0 aliphatic carbocycles. The molecule has 3 amide bonds. The lowest BCUT2D eigenvalue weighted by Gasteiger charge is -2.18. The lowest BCUT2D eigenvalue weighted by atomic mass is 10.1. The van der Waals surface area contributed by atoms with Crippen LogP contribution in [0.2, 0.25) is 0 Å². The third-order valence-electron chi connectivity index (χ3n) is 3.40. The van der Waals surface area contributed by atoms with Gasteiger partial charge in [0.2, 0.25) is 11.8 Å². The van der Waals surface area contributed by atoms with Crippen molar-refractivity contribution in [2.45, 2.75) is 12.8 Å². The van der Waals surface area contributed by atoms with Gasteiger partial charge in [-0.3, -0.25) is 9.59 Å². The minimum absolute atomic E-state index is 0.0649. The summed E-state index contributed by atoms with van der Waals surface area (Å²) in [4.78, 5) is 37.8. The summed E-state index contributed by atoms with van der Waals surface area (Å²) in [5.41, 5.74) is 1.42. The van der Waals surface area contributed by atoms with Gasteiger partial charge in [0.1, 0.15) is 6.61 Å². The van der Waals surface area contributed by atoms with Gasteiger partial charge >= 0.3 is 6.09 Å². The van der Waals surface area contributed by atoms with Gasteiger partial charge in [-0.1, -0.05) is 73.3 Å². The predicted octanol–water partition coefficient (Wildman–Crippen LogP) is 3.15. The Morgan fingerprint density at radius 2 is 1.28 bits per heavy atom. The fourth-order valence-corrected chi connectivity index (χ4v) is 2.24. The van der Waals surface area contributed by atoms with Crippen LogP contribution in [0.4, 0.5) is 4.79 Å². The molecule has 2 rings (SSSR count). The summed E-state index contributed by atoms with van der Waals surface area (Å²) in [7, 11) is 0. The molecule has 128 valence electrons. The van der Waals surface area contributed by atoms with Gasteiger partial charge in [-0.2, -0.15) is 4.90 Å². The minimum Gasteiger partial charge on any atom is -0.445 e. The predicted molar refractivity (Wildman–Crippen MR) is 93.7 cm³/mol. The maximum absolute atomic E-state index is 12.5. The van der Waals surface area contributed by atoms with Crippen molar-refractivity contribution in [1.82, 2.24) is 4.90 Å². The van der Waals surface area contributed by atoms with Crippen LogP contribution in [0.1, 0.15) is 11.1 Å². The second-order valence-corrected chi connectivity index (χ2v) is 5.31. The van der Waals surface area contributed by atoms with Crippen LogP contribution in [0.5, 0.6) is 0 Å². The van der Waals surface area contributed by atoms with Crippen molar-refractivity contribution < 1.29 is 19.1 Å². The van der Waals surface area contributed by atoms with E-state index in [1.54, 1.807) is 48.5 Å². The largest absolute Gasteiger partial charge is 0.445 e. The molecule has 0 aliphatic heterocycles. The number of carbonyl (C=O) groups excluding carboxylic acids is 3. The van der Waals surface area contributed by atoms with E-state index in [1.807, 2.05) is 12.1 Å². The fourth-order valence-electron chi connectivity index (χ4n) is 2.24. The number of nitrogens with zero attached hydrogens (tertiary/aromatic N) is 1. The zero-order valence-corrected chi connectivity index (χ0v) is 13.8. The van der Waals surface area contributed by atoms with E-state index < -0.39 is 17.9 Å². The van der Waals surface area contributed by atoms with Crippen LogP contribution in [-0.4, -0.2) is 29.4 Å². The molecule has 0 saturated heterocycles. The van der Waals surface area contributed by atoms with E-state index in [9.17, 15) is 14.4 Å². The van der Waals surface area contributed by atoms with Gasteiger partial charge < -0.3 is 4.74 Å². The SMILES string of the molecule is C=CCOC(=O)N(C(=O)Cc1ccccc1)C(=O)Cc1ccccc1. The zero-order chi connectivity index (χ0) is 18.1. The molecule has 2 aromatic rings. The summed E-state index contributed by atoms with van der Waals surface area (Å²) in [6, 6.07) is 17.8. The molecular formula is C20H19NO4. The average molecular weight is 337 g/mol. The molecule has 0 aliphatic rings. The Hall–Kier alpha value is -3.21. The third-order valence-corrected chi connectivity index (χ3v) is 3.40. The van der Waals surface area contributed by atoms with E-state index in [0.29, 0.717) is 16.0 Å². The van der Waals surface area contributed by atoms with Gasteiger partial charge in [-0.15, -0.1) is 0 Å². The second kappa shape index (κ2) is 9.17. The summed E-state index contributed by atoms with van der Waals surface area (Å²) in [6.45, 7) is 3.37. The van der Waals surface area contributed by atoms with E-state index in [4.69, 9.17) is 4.74 Å². The number of rotatable bonds is 6. The molecule has 5 heteroatoms. The standard InChI is InChI=1S/C20H19NO4/c1-2-13-25-20(24)21(18(22)14-16-9-5-3-6-10-16)19(23)15-17-11-7-4-8-12-17/h2-12H,1,13-15H2. The van der Waals surface area contributed by atoms with Crippen LogP contribution in [0.15, 0.2) is 73.3 Å². The smallest absolute Gasteiger partial charge is 0.423 e. The normalized spacial score (nSPS) is 9.92. The summed E-state index contributed by atoms with van der Waals surface area (Å²) >= 11 is 0. The molecule has 0 spiro atoms. The number of ether oxygens (including phenoxy) is 1. The molecule has 0 bridgehead atoms. The van der Waals surface area contributed by atoms with E-state index in [2.05, 4.69) is 6.58 Å². The van der Waals surface area contributed by atoms with Crippen molar-refractivity contribution in [3.8, 4) is 0 Å². The van der Waals surface area contributed by atoms with Crippen molar-refractivity contribution in [1.29, 1.82) is 0 Å². The van der Waals surface area contributed by atoms with Crippen molar-refractivity contribution >= 4 is 17.9 Å². The van der Waals surface area contributed by atoms with Crippen LogP contribution in [-0.2, 0) is 27.2 Å². The monoisotopic (exact) mass is 337 g/mol. The Balaban J connectivity index is 2.16. The Morgan fingerprint density at radius 1 is 0.840 bits per heavy atom. The van der Waals surface area contributed by atoms with E-state index in [0.717, 1.165) is 0 Å². The maximum Gasteiger partial charge on any atom is 0.423 e. The molecule has 25 heavy (non-hydrogen) atoms. The van der Waals surface area contributed by atoms with Crippen molar-refractivity contribution in [3.63, 3.8) is 0 Å². The first-order valence-corrected chi connectivity index (χ1v) is 7.83. The highest BCUT2D eigenvalue weighted by Gasteiger charge is 2.29. The molecule has 0 radical (unpaired) electrons. The molecule has 0 saturated carbocycles. The number of hydrogen-bond acceptors (Lipinski definition) is 4. The minimum atomic E-state index is -0.984. The van der Waals surface area contributed by atoms with E-state index in [1.165, 1.54) is 6.08 Å². The highest BCUT2D eigenvalue weighted by atomic mass is 16.6. The fraction of sp³-hybridized carbons (Fsp3) is 0.150. The number of hydrogen-bond donors (Lipinski definition) is 0. The van der Waals surface area contributed by atoms with Gasteiger partial charge in [0, 0.05) is 0 Å². The molecule has 0 N–H and O–H groups in total. The van der Waals surface area contributed by atoms with Gasteiger partial charge in [0.25, 0.3) is 0 Å². The van der Waals surface area contributed by atoms with Crippen molar-refractivity contribution in [3.05, 3.63) is 84.4 Å². The molecule has 2 aromatic carbocycles. The molecule has 0 heterocycles. The number of carbonyl (C=O) groups is 3. The number of benzene rings is 2. The lowest BCUT2D eigenvalue weighted by Crippen LogP contribution is -2.43.